The average molecular weight is 395 g/mol. The monoisotopic (exact) mass is 395 g/mol. The molecule has 0 bridgehead atoms. The number of amides is 3. The molecule has 142 valence electrons. The maximum atomic E-state index is 12.5. The Labute approximate surface area is 157 Å². The van der Waals surface area contributed by atoms with Crippen LogP contribution < -0.4 is 15.5 Å². The molecule has 3 rings (SSSR count). The van der Waals surface area contributed by atoms with E-state index in [1.54, 1.807) is 47.4 Å². The van der Waals surface area contributed by atoms with Gasteiger partial charge in [0.05, 0.1) is 11.4 Å². The second-order valence-electron chi connectivity index (χ2n) is 5.78. The van der Waals surface area contributed by atoms with E-state index in [2.05, 4.69) is 10.6 Å². The summed E-state index contributed by atoms with van der Waals surface area (Å²) >= 11 is 0.620. The van der Waals surface area contributed by atoms with Gasteiger partial charge in [-0.25, -0.2) is 4.79 Å². The van der Waals surface area contributed by atoms with E-state index in [1.807, 2.05) is 0 Å². The minimum atomic E-state index is -4.29. The number of carbonyl (C=O) groups excluding carboxylic acids is 2. The number of urea groups is 1. The van der Waals surface area contributed by atoms with Gasteiger partial charge in [0.2, 0.25) is 0 Å². The molecule has 0 atom stereocenters. The third-order valence-corrected chi connectivity index (χ3v) is 4.96. The molecular weight excluding hydrogens is 379 g/mol. The molecule has 1 aliphatic heterocycles. The van der Waals surface area contributed by atoms with Crippen molar-refractivity contribution in [2.75, 3.05) is 29.1 Å². The number of nitrogens with zero attached hydrogens (tertiary/aromatic N) is 1. The summed E-state index contributed by atoms with van der Waals surface area (Å²) in [6.45, 7) is 1.11. The first-order chi connectivity index (χ1) is 12.8. The van der Waals surface area contributed by atoms with Crippen LogP contribution in [0.15, 0.2) is 53.4 Å². The zero-order valence-corrected chi connectivity index (χ0v) is 14.9. The summed E-state index contributed by atoms with van der Waals surface area (Å²) in [7, 11) is 0. The van der Waals surface area contributed by atoms with Gasteiger partial charge in [-0.1, -0.05) is 12.1 Å². The SMILES string of the molecule is O=C(Nc1ccccc1SCC(F)(F)F)c1ccc(N2CCNC2=O)cc1. The van der Waals surface area contributed by atoms with E-state index >= 15 is 0 Å². The van der Waals surface area contributed by atoms with Crippen molar-refractivity contribution in [2.24, 2.45) is 0 Å². The van der Waals surface area contributed by atoms with Gasteiger partial charge in [0.25, 0.3) is 5.91 Å². The quantitative estimate of drug-likeness (QED) is 0.749. The molecule has 0 aliphatic carbocycles. The standard InChI is InChI=1S/C18H16F3N3O2S/c19-18(20,21)11-27-15-4-2-1-3-14(15)23-16(25)12-5-7-13(8-6-12)24-10-9-22-17(24)26/h1-8H,9-11H2,(H,22,26)(H,23,25). The van der Waals surface area contributed by atoms with Crippen molar-refractivity contribution in [1.29, 1.82) is 0 Å². The number of anilines is 2. The van der Waals surface area contributed by atoms with Crippen molar-refractivity contribution in [3.63, 3.8) is 0 Å². The predicted molar refractivity (Wildman–Crippen MR) is 98.4 cm³/mol. The number of alkyl halides is 3. The summed E-state index contributed by atoms with van der Waals surface area (Å²) in [6.07, 6.45) is -4.29. The third kappa shape index (κ3) is 4.94. The number of carbonyl (C=O) groups is 2. The Morgan fingerprint density at radius 2 is 1.85 bits per heavy atom. The van der Waals surface area contributed by atoms with Gasteiger partial charge < -0.3 is 10.6 Å². The molecule has 27 heavy (non-hydrogen) atoms. The first-order valence-corrected chi connectivity index (χ1v) is 9.07. The van der Waals surface area contributed by atoms with E-state index in [4.69, 9.17) is 0 Å². The molecule has 3 amide bonds. The van der Waals surface area contributed by atoms with Crippen LogP contribution in [0.1, 0.15) is 10.4 Å². The van der Waals surface area contributed by atoms with E-state index in [-0.39, 0.29) is 6.03 Å². The number of para-hydroxylation sites is 1. The summed E-state index contributed by atoms with van der Waals surface area (Å²) in [6, 6.07) is 12.6. The molecule has 1 heterocycles. The lowest BCUT2D eigenvalue weighted by atomic mass is 10.1. The largest absolute Gasteiger partial charge is 0.398 e. The zero-order valence-electron chi connectivity index (χ0n) is 14.0. The van der Waals surface area contributed by atoms with Crippen LogP contribution in [0.3, 0.4) is 0 Å². The summed E-state index contributed by atoms with van der Waals surface area (Å²) in [5, 5.41) is 5.33. The second kappa shape index (κ2) is 7.91. The van der Waals surface area contributed by atoms with Crippen molar-refractivity contribution in [3.8, 4) is 0 Å². The Kier molecular flexibility index (Phi) is 5.59. The highest BCUT2D eigenvalue weighted by Gasteiger charge is 2.28. The van der Waals surface area contributed by atoms with E-state index in [1.165, 1.54) is 6.07 Å². The smallest absolute Gasteiger partial charge is 0.336 e. The fourth-order valence-electron chi connectivity index (χ4n) is 2.56. The van der Waals surface area contributed by atoms with Crippen molar-refractivity contribution < 1.29 is 22.8 Å². The van der Waals surface area contributed by atoms with Gasteiger partial charge in [-0.15, -0.1) is 11.8 Å². The molecule has 0 radical (unpaired) electrons. The number of benzene rings is 2. The number of hydrogen-bond acceptors (Lipinski definition) is 3. The average Bonchev–Trinajstić information content (AvgIpc) is 3.06. The van der Waals surface area contributed by atoms with Gasteiger partial charge in [0.1, 0.15) is 0 Å². The Hall–Kier alpha value is -2.68. The Balaban J connectivity index is 1.69. The topological polar surface area (TPSA) is 61.4 Å². The van der Waals surface area contributed by atoms with E-state index in [0.717, 1.165) is 0 Å². The molecule has 1 saturated heterocycles. The molecule has 0 aromatic heterocycles. The van der Waals surface area contributed by atoms with Crippen LogP contribution in [0, 0.1) is 0 Å². The van der Waals surface area contributed by atoms with Crippen LogP contribution in [0.4, 0.5) is 29.3 Å². The molecule has 0 saturated carbocycles. The molecule has 2 N–H and O–H groups in total. The first kappa shape index (κ1) is 19.1. The minimum absolute atomic E-state index is 0.192. The molecule has 1 fully saturated rings. The number of hydrogen-bond donors (Lipinski definition) is 2. The molecule has 0 spiro atoms. The molecule has 9 heteroatoms. The maximum Gasteiger partial charge on any atom is 0.398 e. The molecule has 0 unspecified atom stereocenters. The fraction of sp³-hybridized carbons (Fsp3) is 0.222. The summed E-state index contributed by atoms with van der Waals surface area (Å²) in [5.74, 6) is -1.47. The van der Waals surface area contributed by atoms with Crippen molar-refractivity contribution in [1.82, 2.24) is 5.32 Å². The van der Waals surface area contributed by atoms with Crippen LogP contribution in [0.25, 0.3) is 0 Å². The highest BCUT2D eigenvalue weighted by molar-refractivity contribution is 7.99. The van der Waals surface area contributed by atoms with Gasteiger partial charge in [0.15, 0.2) is 0 Å². The third-order valence-electron chi connectivity index (χ3n) is 3.82. The van der Waals surface area contributed by atoms with Crippen molar-refractivity contribution in [3.05, 3.63) is 54.1 Å². The van der Waals surface area contributed by atoms with Crippen LogP contribution in [0.2, 0.25) is 0 Å². The lowest BCUT2D eigenvalue weighted by molar-refractivity contribution is -0.105. The Morgan fingerprint density at radius 1 is 1.15 bits per heavy atom. The fourth-order valence-corrected chi connectivity index (χ4v) is 3.33. The number of nitrogens with one attached hydrogen (secondary N) is 2. The zero-order chi connectivity index (χ0) is 19.4. The van der Waals surface area contributed by atoms with Crippen LogP contribution in [-0.2, 0) is 0 Å². The second-order valence-corrected chi connectivity index (χ2v) is 6.80. The number of thioether (sulfide) groups is 1. The summed E-state index contributed by atoms with van der Waals surface area (Å²) < 4.78 is 37.4. The highest BCUT2D eigenvalue weighted by Crippen LogP contribution is 2.32. The van der Waals surface area contributed by atoms with E-state index in [9.17, 15) is 22.8 Å². The molecule has 1 aliphatic rings. The molecule has 5 nitrogen and oxygen atoms in total. The maximum absolute atomic E-state index is 12.5. The number of halogens is 3. The number of rotatable bonds is 5. The molecule has 2 aromatic rings. The minimum Gasteiger partial charge on any atom is -0.336 e. The molecule has 2 aromatic carbocycles. The first-order valence-electron chi connectivity index (χ1n) is 8.09. The summed E-state index contributed by atoms with van der Waals surface area (Å²) in [4.78, 5) is 26.0. The van der Waals surface area contributed by atoms with Gasteiger partial charge in [-0.3, -0.25) is 9.69 Å². The highest BCUT2D eigenvalue weighted by atomic mass is 32.2. The Morgan fingerprint density at radius 3 is 2.48 bits per heavy atom. The van der Waals surface area contributed by atoms with E-state index < -0.39 is 17.8 Å². The van der Waals surface area contributed by atoms with E-state index in [0.29, 0.717) is 46.7 Å². The normalized spacial score (nSPS) is 14.2. The Bertz CT molecular complexity index is 840. The van der Waals surface area contributed by atoms with Crippen LogP contribution in [0.5, 0.6) is 0 Å². The van der Waals surface area contributed by atoms with Gasteiger partial charge in [0, 0.05) is 29.2 Å². The van der Waals surface area contributed by atoms with Crippen LogP contribution >= 0.6 is 11.8 Å². The predicted octanol–water partition coefficient (Wildman–Crippen LogP) is 4.12. The van der Waals surface area contributed by atoms with Gasteiger partial charge >= 0.3 is 12.2 Å². The van der Waals surface area contributed by atoms with Gasteiger partial charge in [-0.2, -0.15) is 13.2 Å². The van der Waals surface area contributed by atoms with Gasteiger partial charge in [-0.05, 0) is 36.4 Å². The van der Waals surface area contributed by atoms with Crippen molar-refractivity contribution >= 4 is 35.1 Å². The lowest BCUT2D eigenvalue weighted by Gasteiger charge is -2.15. The van der Waals surface area contributed by atoms with Crippen LogP contribution in [-0.4, -0.2) is 37.0 Å². The lowest BCUT2D eigenvalue weighted by Crippen LogP contribution is -2.27. The summed E-state index contributed by atoms with van der Waals surface area (Å²) in [5.41, 5.74) is 1.33. The molecular formula is C18H16F3N3O2S. The van der Waals surface area contributed by atoms with Crippen molar-refractivity contribution in [2.45, 2.75) is 11.1 Å².